The van der Waals surface area contributed by atoms with Gasteiger partial charge in [-0.2, -0.15) is 10.2 Å². The molecule has 0 aliphatic heterocycles. The molecule has 0 saturated carbocycles. The van der Waals surface area contributed by atoms with E-state index in [2.05, 4.69) is 16.2 Å². The molecule has 0 aliphatic rings. The summed E-state index contributed by atoms with van der Waals surface area (Å²) >= 11 is 0. The SMILES string of the molecule is CCC(C)(OC)c1noc(-c2ccccc2CC#N)n1. The smallest absolute Gasteiger partial charge is 0.258 e. The zero-order valence-corrected chi connectivity index (χ0v) is 11.9. The number of nitriles is 1. The van der Waals surface area contributed by atoms with Crippen LogP contribution in [0.25, 0.3) is 11.5 Å². The topological polar surface area (TPSA) is 71.9 Å². The van der Waals surface area contributed by atoms with Gasteiger partial charge < -0.3 is 9.26 Å². The van der Waals surface area contributed by atoms with Gasteiger partial charge in [-0.05, 0) is 25.0 Å². The fourth-order valence-electron chi connectivity index (χ4n) is 1.91. The fourth-order valence-corrected chi connectivity index (χ4v) is 1.91. The predicted octanol–water partition coefficient (Wildman–Crippen LogP) is 3.07. The molecule has 0 saturated heterocycles. The number of rotatable bonds is 5. The molecule has 0 aliphatic carbocycles. The summed E-state index contributed by atoms with van der Waals surface area (Å²) in [5.41, 5.74) is 1.11. The van der Waals surface area contributed by atoms with Crippen LogP contribution in [-0.2, 0) is 16.8 Å². The molecule has 1 aromatic carbocycles. The number of aromatic nitrogens is 2. The minimum absolute atomic E-state index is 0.309. The van der Waals surface area contributed by atoms with Gasteiger partial charge in [0.2, 0.25) is 5.82 Å². The van der Waals surface area contributed by atoms with Crippen LogP contribution in [0.4, 0.5) is 0 Å². The van der Waals surface area contributed by atoms with E-state index in [1.165, 1.54) is 0 Å². The van der Waals surface area contributed by atoms with Crippen LogP contribution in [0, 0.1) is 11.3 Å². The Morgan fingerprint density at radius 3 is 2.80 bits per heavy atom. The normalized spacial score (nSPS) is 13.7. The van der Waals surface area contributed by atoms with Crippen molar-refractivity contribution in [3.63, 3.8) is 0 Å². The summed E-state index contributed by atoms with van der Waals surface area (Å²) in [6, 6.07) is 9.67. The molecule has 2 aromatic rings. The highest BCUT2D eigenvalue weighted by molar-refractivity contribution is 5.59. The van der Waals surface area contributed by atoms with Crippen molar-refractivity contribution in [3.05, 3.63) is 35.7 Å². The summed E-state index contributed by atoms with van der Waals surface area (Å²) in [5.74, 6) is 0.937. The van der Waals surface area contributed by atoms with Gasteiger partial charge in [-0.25, -0.2) is 0 Å². The molecule has 5 nitrogen and oxygen atoms in total. The molecule has 0 N–H and O–H groups in total. The zero-order chi connectivity index (χ0) is 14.6. The second kappa shape index (κ2) is 5.85. The van der Waals surface area contributed by atoms with Crippen LogP contribution >= 0.6 is 0 Å². The van der Waals surface area contributed by atoms with E-state index < -0.39 is 5.60 Å². The van der Waals surface area contributed by atoms with Gasteiger partial charge in [-0.1, -0.05) is 30.3 Å². The molecule has 0 radical (unpaired) electrons. The Bertz CT molecular complexity index is 624. The van der Waals surface area contributed by atoms with E-state index >= 15 is 0 Å². The van der Waals surface area contributed by atoms with E-state index in [4.69, 9.17) is 14.5 Å². The summed E-state index contributed by atoms with van der Waals surface area (Å²) in [6.45, 7) is 3.92. The lowest BCUT2D eigenvalue weighted by atomic mass is 10.0. The molecule has 0 bridgehead atoms. The minimum atomic E-state index is -0.564. The lowest BCUT2D eigenvalue weighted by molar-refractivity contribution is -0.0106. The largest absolute Gasteiger partial charge is 0.370 e. The summed E-state index contributed by atoms with van der Waals surface area (Å²) < 4.78 is 10.8. The number of nitrogens with zero attached hydrogens (tertiary/aromatic N) is 3. The Morgan fingerprint density at radius 2 is 2.15 bits per heavy atom. The van der Waals surface area contributed by atoms with Gasteiger partial charge in [0.05, 0.1) is 12.5 Å². The maximum absolute atomic E-state index is 8.86. The van der Waals surface area contributed by atoms with Crippen LogP contribution in [0.2, 0.25) is 0 Å². The highest BCUT2D eigenvalue weighted by atomic mass is 16.5. The highest BCUT2D eigenvalue weighted by Gasteiger charge is 2.30. The van der Waals surface area contributed by atoms with Crippen molar-refractivity contribution in [2.45, 2.75) is 32.3 Å². The van der Waals surface area contributed by atoms with Crippen molar-refractivity contribution in [2.24, 2.45) is 0 Å². The second-order valence-electron chi connectivity index (χ2n) is 4.70. The Balaban J connectivity index is 2.42. The maximum atomic E-state index is 8.86. The maximum Gasteiger partial charge on any atom is 0.258 e. The summed E-state index contributed by atoms with van der Waals surface area (Å²) in [6.07, 6.45) is 1.05. The molecule has 2 rings (SSSR count). The van der Waals surface area contributed by atoms with Gasteiger partial charge in [0.15, 0.2) is 0 Å². The third-order valence-corrected chi connectivity index (χ3v) is 3.54. The molecule has 1 heterocycles. The van der Waals surface area contributed by atoms with Crippen LogP contribution in [0.5, 0.6) is 0 Å². The fraction of sp³-hybridized carbons (Fsp3) is 0.400. The van der Waals surface area contributed by atoms with Crippen molar-refractivity contribution >= 4 is 0 Å². The van der Waals surface area contributed by atoms with E-state index in [0.29, 0.717) is 18.1 Å². The van der Waals surface area contributed by atoms with Gasteiger partial charge in [0.1, 0.15) is 5.60 Å². The van der Waals surface area contributed by atoms with Gasteiger partial charge in [-0.3, -0.25) is 0 Å². The molecular weight excluding hydrogens is 254 g/mol. The van der Waals surface area contributed by atoms with Gasteiger partial charge >= 0.3 is 0 Å². The number of methoxy groups -OCH3 is 1. The molecular formula is C15H17N3O2. The molecule has 0 amide bonds. The van der Waals surface area contributed by atoms with Gasteiger partial charge in [-0.15, -0.1) is 0 Å². The summed E-state index contributed by atoms with van der Waals surface area (Å²) in [4.78, 5) is 4.42. The van der Waals surface area contributed by atoms with Crippen molar-refractivity contribution in [3.8, 4) is 17.5 Å². The van der Waals surface area contributed by atoms with Crippen LogP contribution in [0.1, 0.15) is 31.7 Å². The standard InChI is InChI=1S/C15H17N3O2/c1-4-15(2,19-3)14-17-13(20-18-14)12-8-6-5-7-11(12)9-10-16/h5-8H,4,9H2,1-3H3. The molecule has 5 heteroatoms. The van der Waals surface area contributed by atoms with E-state index in [1.54, 1.807) is 7.11 Å². The lowest BCUT2D eigenvalue weighted by Gasteiger charge is -2.21. The Labute approximate surface area is 118 Å². The first-order chi connectivity index (χ1) is 9.64. The van der Waals surface area contributed by atoms with E-state index in [1.807, 2.05) is 38.1 Å². The monoisotopic (exact) mass is 271 g/mol. The average molecular weight is 271 g/mol. The van der Waals surface area contributed by atoms with Gasteiger partial charge in [0, 0.05) is 12.7 Å². The molecule has 20 heavy (non-hydrogen) atoms. The van der Waals surface area contributed by atoms with Gasteiger partial charge in [0.25, 0.3) is 5.89 Å². The number of hydrogen-bond donors (Lipinski definition) is 0. The zero-order valence-electron chi connectivity index (χ0n) is 11.9. The third-order valence-electron chi connectivity index (χ3n) is 3.54. The molecule has 1 unspecified atom stereocenters. The molecule has 0 spiro atoms. The summed E-state index contributed by atoms with van der Waals surface area (Å²) in [7, 11) is 1.63. The first kappa shape index (κ1) is 14.2. The predicted molar refractivity (Wildman–Crippen MR) is 73.7 cm³/mol. The van der Waals surface area contributed by atoms with Crippen molar-refractivity contribution in [1.29, 1.82) is 5.26 Å². The minimum Gasteiger partial charge on any atom is -0.370 e. The third kappa shape index (κ3) is 2.56. The van der Waals surface area contributed by atoms with E-state index in [-0.39, 0.29) is 0 Å². The first-order valence-electron chi connectivity index (χ1n) is 6.49. The second-order valence-corrected chi connectivity index (χ2v) is 4.70. The molecule has 1 atom stereocenters. The molecule has 0 fully saturated rings. The van der Waals surface area contributed by atoms with Crippen LogP contribution in [-0.4, -0.2) is 17.3 Å². The molecule has 1 aromatic heterocycles. The Kier molecular flexibility index (Phi) is 4.16. The van der Waals surface area contributed by atoms with Crippen molar-refractivity contribution in [1.82, 2.24) is 10.1 Å². The number of ether oxygens (including phenoxy) is 1. The number of benzene rings is 1. The van der Waals surface area contributed by atoms with Crippen molar-refractivity contribution in [2.75, 3.05) is 7.11 Å². The quantitative estimate of drug-likeness (QED) is 0.835. The average Bonchev–Trinajstić information content (AvgIpc) is 2.97. The van der Waals surface area contributed by atoms with E-state index in [9.17, 15) is 0 Å². The number of hydrogen-bond acceptors (Lipinski definition) is 5. The van der Waals surface area contributed by atoms with Crippen molar-refractivity contribution < 1.29 is 9.26 Å². The van der Waals surface area contributed by atoms with Crippen LogP contribution < -0.4 is 0 Å². The lowest BCUT2D eigenvalue weighted by Crippen LogP contribution is -2.24. The Morgan fingerprint density at radius 1 is 1.40 bits per heavy atom. The van der Waals surface area contributed by atoms with E-state index in [0.717, 1.165) is 17.5 Å². The Hall–Kier alpha value is -2.19. The van der Waals surface area contributed by atoms with Crippen LogP contribution in [0.15, 0.2) is 28.8 Å². The first-order valence-corrected chi connectivity index (χ1v) is 6.49. The molecule has 104 valence electrons. The summed E-state index contributed by atoms with van der Waals surface area (Å²) in [5, 5.41) is 12.9. The highest BCUT2D eigenvalue weighted by Crippen LogP contribution is 2.29. The van der Waals surface area contributed by atoms with Crippen LogP contribution in [0.3, 0.4) is 0 Å².